The van der Waals surface area contributed by atoms with Gasteiger partial charge in [0.2, 0.25) is 11.8 Å². The zero-order valence-corrected chi connectivity index (χ0v) is 10.9. The molecule has 2 saturated heterocycles. The van der Waals surface area contributed by atoms with Crippen LogP contribution in [0.4, 0.5) is 0 Å². The third kappa shape index (κ3) is 2.49. The van der Waals surface area contributed by atoms with Crippen molar-refractivity contribution in [3.05, 3.63) is 0 Å². The standard InChI is InChI=1S/C12H21N3O3/c1-8-9(3-6-18-8)12(17)15-5-4-14-7-10(15)11(16)13-2/h8-10,14H,3-7H2,1-2H3,(H,13,16). The summed E-state index contributed by atoms with van der Waals surface area (Å²) >= 11 is 0. The minimum atomic E-state index is -0.399. The zero-order valence-electron chi connectivity index (χ0n) is 10.9. The summed E-state index contributed by atoms with van der Waals surface area (Å²) in [6.07, 6.45) is 0.711. The number of carbonyl (C=O) groups excluding carboxylic acids is 2. The van der Waals surface area contributed by atoms with E-state index in [0.29, 0.717) is 19.7 Å². The molecule has 102 valence electrons. The lowest BCUT2D eigenvalue weighted by atomic mass is 9.99. The number of nitrogens with zero attached hydrogens (tertiary/aromatic N) is 1. The molecule has 2 N–H and O–H groups in total. The average molecular weight is 255 g/mol. The average Bonchev–Trinajstić information content (AvgIpc) is 2.83. The molecule has 6 nitrogen and oxygen atoms in total. The summed E-state index contributed by atoms with van der Waals surface area (Å²) in [4.78, 5) is 26.0. The summed E-state index contributed by atoms with van der Waals surface area (Å²) in [5.41, 5.74) is 0. The van der Waals surface area contributed by atoms with Gasteiger partial charge >= 0.3 is 0 Å². The lowest BCUT2D eigenvalue weighted by molar-refractivity contribution is -0.145. The summed E-state index contributed by atoms with van der Waals surface area (Å²) < 4.78 is 5.44. The molecule has 0 saturated carbocycles. The van der Waals surface area contributed by atoms with E-state index in [9.17, 15) is 9.59 Å². The minimum absolute atomic E-state index is 0.0438. The zero-order chi connectivity index (χ0) is 13.1. The third-order valence-corrected chi connectivity index (χ3v) is 3.77. The minimum Gasteiger partial charge on any atom is -0.378 e. The first-order valence-corrected chi connectivity index (χ1v) is 6.49. The first-order chi connectivity index (χ1) is 8.65. The SMILES string of the molecule is CNC(=O)C1CNCCN1C(=O)C1CCOC1C. The molecule has 0 aromatic heterocycles. The van der Waals surface area contributed by atoms with Crippen molar-refractivity contribution in [2.45, 2.75) is 25.5 Å². The number of hydrogen-bond donors (Lipinski definition) is 2. The normalized spacial score (nSPS) is 32.3. The van der Waals surface area contributed by atoms with Crippen LogP contribution in [0.3, 0.4) is 0 Å². The predicted octanol–water partition coefficient (Wildman–Crippen LogP) is -1.04. The van der Waals surface area contributed by atoms with E-state index in [2.05, 4.69) is 10.6 Å². The highest BCUT2D eigenvalue weighted by Gasteiger charge is 2.39. The van der Waals surface area contributed by atoms with Crippen molar-refractivity contribution in [3.8, 4) is 0 Å². The van der Waals surface area contributed by atoms with Crippen LogP contribution in [-0.4, -0.2) is 62.1 Å². The van der Waals surface area contributed by atoms with Gasteiger partial charge in [-0.3, -0.25) is 9.59 Å². The maximum atomic E-state index is 12.5. The molecule has 0 aliphatic carbocycles. The summed E-state index contributed by atoms with van der Waals surface area (Å²) in [6, 6.07) is -0.399. The van der Waals surface area contributed by atoms with E-state index in [0.717, 1.165) is 13.0 Å². The number of likely N-dealkylation sites (N-methyl/N-ethyl adjacent to an activating group) is 1. The molecule has 0 aromatic rings. The molecule has 0 aromatic carbocycles. The van der Waals surface area contributed by atoms with Crippen LogP contribution in [0.2, 0.25) is 0 Å². The Kier molecular flexibility index (Phi) is 4.19. The van der Waals surface area contributed by atoms with Gasteiger partial charge in [-0.15, -0.1) is 0 Å². The Morgan fingerprint density at radius 2 is 2.22 bits per heavy atom. The van der Waals surface area contributed by atoms with E-state index < -0.39 is 6.04 Å². The number of carbonyl (C=O) groups is 2. The largest absolute Gasteiger partial charge is 0.378 e. The molecule has 3 atom stereocenters. The van der Waals surface area contributed by atoms with Crippen molar-refractivity contribution in [1.82, 2.24) is 15.5 Å². The Morgan fingerprint density at radius 3 is 2.83 bits per heavy atom. The Labute approximate surface area is 107 Å². The number of rotatable bonds is 2. The van der Waals surface area contributed by atoms with Crippen LogP contribution in [0.15, 0.2) is 0 Å². The molecule has 3 unspecified atom stereocenters. The van der Waals surface area contributed by atoms with Crippen molar-refractivity contribution in [2.24, 2.45) is 5.92 Å². The highest BCUT2D eigenvalue weighted by molar-refractivity contribution is 5.89. The molecule has 2 aliphatic heterocycles. The van der Waals surface area contributed by atoms with Crippen LogP contribution in [0.25, 0.3) is 0 Å². The van der Waals surface area contributed by atoms with Gasteiger partial charge in [0.15, 0.2) is 0 Å². The maximum Gasteiger partial charge on any atom is 0.243 e. The molecule has 0 radical (unpaired) electrons. The van der Waals surface area contributed by atoms with E-state index >= 15 is 0 Å². The second-order valence-electron chi connectivity index (χ2n) is 4.84. The smallest absolute Gasteiger partial charge is 0.243 e. The van der Waals surface area contributed by atoms with Crippen LogP contribution in [0, 0.1) is 5.92 Å². The fraction of sp³-hybridized carbons (Fsp3) is 0.833. The Balaban J connectivity index is 2.08. The third-order valence-electron chi connectivity index (χ3n) is 3.77. The highest BCUT2D eigenvalue weighted by Crippen LogP contribution is 2.24. The van der Waals surface area contributed by atoms with Gasteiger partial charge in [0.25, 0.3) is 0 Å². The first-order valence-electron chi connectivity index (χ1n) is 6.49. The Hall–Kier alpha value is -1.14. The van der Waals surface area contributed by atoms with E-state index in [1.165, 1.54) is 0 Å². The lowest BCUT2D eigenvalue weighted by Gasteiger charge is -2.36. The molecular weight excluding hydrogens is 234 g/mol. The van der Waals surface area contributed by atoms with Gasteiger partial charge in [0.1, 0.15) is 6.04 Å². The molecule has 2 amide bonds. The summed E-state index contributed by atoms with van der Waals surface area (Å²) in [7, 11) is 1.60. The second kappa shape index (κ2) is 5.67. The van der Waals surface area contributed by atoms with Crippen LogP contribution in [0.5, 0.6) is 0 Å². The van der Waals surface area contributed by atoms with Crippen LogP contribution >= 0.6 is 0 Å². The van der Waals surface area contributed by atoms with Gasteiger partial charge in [-0.25, -0.2) is 0 Å². The quantitative estimate of drug-likeness (QED) is 0.661. The molecule has 2 rings (SSSR count). The van der Waals surface area contributed by atoms with E-state index in [1.54, 1.807) is 11.9 Å². The van der Waals surface area contributed by atoms with E-state index in [4.69, 9.17) is 4.74 Å². The Bertz CT molecular complexity index is 335. The lowest BCUT2D eigenvalue weighted by Crippen LogP contribution is -2.60. The molecular formula is C12H21N3O3. The van der Waals surface area contributed by atoms with Gasteiger partial charge in [-0.2, -0.15) is 0 Å². The summed E-state index contributed by atoms with van der Waals surface area (Å²) in [6.45, 7) is 4.40. The van der Waals surface area contributed by atoms with Crippen molar-refractivity contribution in [3.63, 3.8) is 0 Å². The molecule has 18 heavy (non-hydrogen) atoms. The number of amides is 2. The number of nitrogens with one attached hydrogen (secondary N) is 2. The highest BCUT2D eigenvalue weighted by atomic mass is 16.5. The molecule has 2 fully saturated rings. The first kappa shape index (κ1) is 13.3. The van der Waals surface area contributed by atoms with Crippen molar-refractivity contribution < 1.29 is 14.3 Å². The van der Waals surface area contributed by atoms with E-state index in [-0.39, 0.29) is 23.8 Å². The Morgan fingerprint density at radius 1 is 1.44 bits per heavy atom. The monoisotopic (exact) mass is 255 g/mol. The van der Waals surface area contributed by atoms with Gasteiger partial charge in [0, 0.05) is 33.3 Å². The van der Waals surface area contributed by atoms with Gasteiger partial charge < -0.3 is 20.3 Å². The van der Waals surface area contributed by atoms with Crippen molar-refractivity contribution in [1.29, 1.82) is 0 Å². The summed E-state index contributed by atoms with van der Waals surface area (Å²) in [5, 5.41) is 5.77. The molecule has 2 heterocycles. The van der Waals surface area contributed by atoms with Crippen molar-refractivity contribution >= 4 is 11.8 Å². The van der Waals surface area contributed by atoms with Crippen LogP contribution in [-0.2, 0) is 14.3 Å². The number of ether oxygens (including phenoxy) is 1. The number of piperazine rings is 1. The van der Waals surface area contributed by atoms with Crippen molar-refractivity contribution in [2.75, 3.05) is 33.3 Å². The van der Waals surface area contributed by atoms with Crippen LogP contribution in [0.1, 0.15) is 13.3 Å². The molecule has 0 spiro atoms. The maximum absolute atomic E-state index is 12.5. The summed E-state index contributed by atoms with van der Waals surface area (Å²) in [5.74, 6) is -0.160. The molecule has 0 bridgehead atoms. The van der Waals surface area contributed by atoms with E-state index in [1.807, 2.05) is 6.92 Å². The van der Waals surface area contributed by atoms with Crippen LogP contribution < -0.4 is 10.6 Å². The van der Waals surface area contributed by atoms with Gasteiger partial charge in [-0.1, -0.05) is 0 Å². The fourth-order valence-electron chi connectivity index (χ4n) is 2.64. The van der Waals surface area contributed by atoms with Gasteiger partial charge in [-0.05, 0) is 13.3 Å². The molecule has 6 heteroatoms. The number of hydrogen-bond acceptors (Lipinski definition) is 4. The topological polar surface area (TPSA) is 70.7 Å². The second-order valence-corrected chi connectivity index (χ2v) is 4.84. The van der Waals surface area contributed by atoms with Gasteiger partial charge in [0.05, 0.1) is 12.0 Å². The predicted molar refractivity (Wildman–Crippen MR) is 66.0 cm³/mol. The molecule has 2 aliphatic rings. The fourth-order valence-corrected chi connectivity index (χ4v) is 2.64.